The van der Waals surface area contributed by atoms with E-state index in [2.05, 4.69) is 24.1 Å². The van der Waals surface area contributed by atoms with Crippen LogP contribution in [0.5, 0.6) is 0 Å². The zero-order chi connectivity index (χ0) is 10.9. The molecule has 2 fully saturated rings. The van der Waals surface area contributed by atoms with Gasteiger partial charge >= 0.3 is 0 Å². The zero-order valence-corrected chi connectivity index (χ0v) is 9.88. The molecule has 1 N–H and O–H groups in total. The third kappa shape index (κ3) is 2.51. The van der Waals surface area contributed by atoms with Crippen LogP contribution in [0.2, 0.25) is 0 Å². The topological polar surface area (TPSA) is 32.3 Å². The average Bonchev–Trinajstić information content (AvgIpc) is 2.67. The van der Waals surface area contributed by atoms with E-state index in [0.717, 1.165) is 32.6 Å². The summed E-state index contributed by atoms with van der Waals surface area (Å²) in [6, 6.07) is 0. The van der Waals surface area contributed by atoms with Crippen LogP contribution in [0.25, 0.3) is 0 Å². The van der Waals surface area contributed by atoms with E-state index in [1.807, 2.05) is 0 Å². The van der Waals surface area contributed by atoms with Gasteiger partial charge < -0.3 is 10.2 Å². The molecule has 0 spiro atoms. The molecule has 0 aliphatic carbocycles. The molecule has 2 rings (SSSR count). The van der Waals surface area contributed by atoms with Crippen LogP contribution >= 0.6 is 0 Å². The first kappa shape index (κ1) is 10.9. The van der Waals surface area contributed by atoms with Gasteiger partial charge in [-0.15, -0.1) is 0 Å². The van der Waals surface area contributed by atoms with Crippen LogP contribution in [0.1, 0.15) is 33.1 Å². The highest BCUT2D eigenvalue weighted by atomic mass is 16.2. The van der Waals surface area contributed by atoms with E-state index in [0.29, 0.717) is 11.3 Å². The molecule has 1 amide bonds. The van der Waals surface area contributed by atoms with Gasteiger partial charge in [0.2, 0.25) is 5.91 Å². The summed E-state index contributed by atoms with van der Waals surface area (Å²) in [6.07, 6.45) is 3.44. The summed E-state index contributed by atoms with van der Waals surface area (Å²) >= 11 is 0. The van der Waals surface area contributed by atoms with Gasteiger partial charge in [-0.3, -0.25) is 4.79 Å². The molecule has 0 saturated carbocycles. The fourth-order valence-corrected chi connectivity index (χ4v) is 2.74. The summed E-state index contributed by atoms with van der Waals surface area (Å²) in [5, 5.41) is 3.27. The molecule has 3 heteroatoms. The number of nitrogens with zero attached hydrogens (tertiary/aromatic N) is 1. The molecule has 0 radical (unpaired) electrons. The molecular formula is C12H22N2O. The van der Waals surface area contributed by atoms with Crippen LogP contribution in [0, 0.1) is 11.3 Å². The SMILES string of the molecule is CC1(C)CCCN(C(=O)[C@H]2CCNC2)C1. The first-order chi connectivity index (χ1) is 7.08. The van der Waals surface area contributed by atoms with Crippen molar-refractivity contribution in [2.75, 3.05) is 26.2 Å². The Morgan fingerprint density at radius 3 is 2.87 bits per heavy atom. The average molecular weight is 210 g/mol. The lowest BCUT2D eigenvalue weighted by molar-refractivity contribution is -0.138. The quantitative estimate of drug-likeness (QED) is 0.706. The van der Waals surface area contributed by atoms with Crippen molar-refractivity contribution in [3.8, 4) is 0 Å². The standard InChI is InChI=1S/C12H22N2O/c1-12(2)5-3-7-14(9-12)11(15)10-4-6-13-8-10/h10,13H,3-9H2,1-2H3/t10-/m0/s1. The predicted octanol–water partition coefficient (Wildman–Crippen LogP) is 1.24. The number of hydrogen-bond donors (Lipinski definition) is 1. The Hall–Kier alpha value is -0.570. The Morgan fingerprint density at radius 1 is 1.47 bits per heavy atom. The molecule has 0 aromatic heterocycles. The largest absolute Gasteiger partial charge is 0.342 e. The molecule has 2 aliphatic heterocycles. The van der Waals surface area contributed by atoms with Crippen molar-refractivity contribution < 1.29 is 4.79 Å². The molecule has 15 heavy (non-hydrogen) atoms. The molecule has 3 nitrogen and oxygen atoms in total. The Labute approximate surface area is 92.2 Å². The molecular weight excluding hydrogens is 188 g/mol. The van der Waals surface area contributed by atoms with Crippen molar-refractivity contribution in [3.63, 3.8) is 0 Å². The molecule has 2 aliphatic rings. The fourth-order valence-electron chi connectivity index (χ4n) is 2.74. The van der Waals surface area contributed by atoms with Crippen molar-refractivity contribution in [1.29, 1.82) is 0 Å². The molecule has 86 valence electrons. The van der Waals surface area contributed by atoms with Crippen molar-refractivity contribution in [3.05, 3.63) is 0 Å². The van der Waals surface area contributed by atoms with Gasteiger partial charge in [-0.1, -0.05) is 13.8 Å². The van der Waals surface area contributed by atoms with Crippen LogP contribution in [0.3, 0.4) is 0 Å². The van der Waals surface area contributed by atoms with Crippen molar-refractivity contribution >= 4 is 5.91 Å². The minimum absolute atomic E-state index is 0.249. The van der Waals surface area contributed by atoms with E-state index in [1.165, 1.54) is 12.8 Å². The van der Waals surface area contributed by atoms with E-state index < -0.39 is 0 Å². The first-order valence-corrected chi connectivity index (χ1v) is 6.08. The van der Waals surface area contributed by atoms with Crippen LogP contribution in [-0.2, 0) is 4.79 Å². The van der Waals surface area contributed by atoms with E-state index in [1.54, 1.807) is 0 Å². The molecule has 0 bridgehead atoms. The van der Waals surface area contributed by atoms with Gasteiger partial charge in [-0.2, -0.15) is 0 Å². The zero-order valence-electron chi connectivity index (χ0n) is 9.88. The monoisotopic (exact) mass is 210 g/mol. The second-order valence-electron chi connectivity index (χ2n) is 5.72. The van der Waals surface area contributed by atoms with Gasteiger partial charge in [0.25, 0.3) is 0 Å². The molecule has 1 atom stereocenters. The maximum Gasteiger partial charge on any atom is 0.227 e. The summed E-state index contributed by atoms with van der Waals surface area (Å²) < 4.78 is 0. The van der Waals surface area contributed by atoms with Crippen LogP contribution in [0.4, 0.5) is 0 Å². The Morgan fingerprint density at radius 2 is 2.27 bits per heavy atom. The molecule has 0 aromatic rings. The normalized spacial score (nSPS) is 30.5. The van der Waals surface area contributed by atoms with Gasteiger partial charge in [0.05, 0.1) is 5.92 Å². The highest BCUT2D eigenvalue weighted by Crippen LogP contribution is 2.29. The number of nitrogens with one attached hydrogen (secondary N) is 1. The van der Waals surface area contributed by atoms with Crippen LogP contribution in [0.15, 0.2) is 0 Å². The molecule has 0 aromatic carbocycles. The summed E-state index contributed by atoms with van der Waals surface area (Å²) in [4.78, 5) is 14.3. The number of amides is 1. The highest BCUT2D eigenvalue weighted by molar-refractivity contribution is 5.79. The fraction of sp³-hybridized carbons (Fsp3) is 0.917. The highest BCUT2D eigenvalue weighted by Gasteiger charge is 2.33. The third-order valence-electron chi connectivity index (χ3n) is 3.62. The Kier molecular flexibility index (Phi) is 3.01. The maximum absolute atomic E-state index is 12.2. The Balaban J connectivity index is 1.94. The first-order valence-electron chi connectivity index (χ1n) is 6.08. The third-order valence-corrected chi connectivity index (χ3v) is 3.62. The van der Waals surface area contributed by atoms with Gasteiger partial charge in [0.15, 0.2) is 0 Å². The van der Waals surface area contributed by atoms with E-state index >= 15 is 0 Å². The maximum atomic E-state index is 12.2. The summed E-state index contributed by atoms with van der Waals surface area (Å²) in [5.74, 6) is 0.631. The minimum Gasteiger partial charge on any atom is -0.342 e. The van der Waals surface area contributed by atoms with Gasteiger partial charge in [0.1, 0.15) is 0 Å². The van der Waals surface area contributed by atoms with Crippen molar-refractivity contribution in [2.24, 2.45) is 11.3 Å². The number of carbonyl (C=O) groups is 1. The van der Waals surface area contributed by atoms with E-state index in [-0.39, 0.29) is 5.92 Å². The van der Waals surface area contributed by atoms with Gasteiger partial charge in [0, 0.05) is 19.6 Å². The second kappa shape index (κ2) is 4.12. The van der Waals surface area contributed by atoms with Crippen molar-refractivity contribution in [2.45, 2.75) is 33.1 Å². The predicted molar refractivity (Wildman–Crippen MR) is 60.6 cm³/mol. The summed E-state index contributed by atoms with van der Waals surface area (Å²) in [7, 11) is 0. The lowest BCUT2D eigenvalue weighted by Crippen LogP contribution is -2.46. The lowest BCUT2D eigenvalue weighted by Gasteiger charge is -2.39. The van der Waals surface area contributed by atoms with Gasteiger partial charge in [-0.05, 0) is 31.2 Å². The molecule has 2 saturated heterocycles. The molecule has 2 heterocycles. The minimum atomic E-state index is 0.249. The summed E-state index contributed by atoms with van der Waals surface area (Å²) in [6.45, 7) is 8.34. The smallest absolute Gasteiger partial charge is 0.227 e. The van der Waals surface area contributed by atoms with Crippen molar-refractivity contribution in [1.82, 2.24) is 10.2 Å². The Bertz CT molecular complexity index is 244. The second-order valence-corrected chi connectivity index (χ2v) is 5.72. The number of hydrogen-bond acceptors (Lipinski definition) is 2. The van der Waals surface area contributed by atoms with E-state index in [4.69, 9.17) is 0 Å². The van der Waals surface area contributed by atoms with Gasteiger partial charge in [-0.25, -0.2) is 0 Å². The number of likely N-dealkylation sites (tertiary alicyclic amines) is 1. The van der Waals surface area contributed by atoms with E-state index in [9.17, 15) is 4.79 Å². The summed E-state index contributed by atoms with van der Waals surface area (Å²) in [5.41, 5.74) is 0.319. The number of piperidine rings is 1. The lowest BCUT2D eigenvalue weighted by atomic mass is 9.83. The van der Waals surface area contributed by atoms with Crippen LogP contribution in [-0.4, -0.2) is 37.0 Å². The van der Waals surface area contributed by atoms with Crippen LogP contribution < -0.4 is 5.32 Å². The number of rotatable bonds is 1. The number of carbonyl (C=O) groups excluding carboxylic acids is 1. The molecule has 0 unspecified atom stereocenters.